The standard InChI is InChI=1S/C15H20N2/c1-2-15(7-3-8-15)17-11-12-4-5-14-13(10-12)6-9-16-14/h4-6,9-10,16-17H,2-3,7-8,11H2,1H3. The number of benzene rings is 1. The minimum absolute atomic E-state index is 0.438. The number of hydrogen-bond donors (Lipinski definition) is 2. The van der Waals surface area contributed by atoms with Crippen molar-refractivity contribution in [3.05, 3.63) is 36.0 Å². The lowest BCUT2D eigenvalue weighted by atomic mass is 9.75. The third-order valence-corrected chi connectivity index (χ3v) is 4.27. The van der Waals surface area contributed by atoms with Gasteiger partial charge in [-0.1, -0.05) is 13.0 Å². The number of nitrogens with one attached hydrogen (secondary N) is 2. The minimum atomic E-state index is 0.438. The van der Waals surface area contributed by atoms with E-state index in [4.69, 9.17) is 0 Å². The van der Waals surface area contributed by atoms with Gasteiger partial charge in [0.25, 0.3) is 0 Å². The van der Waals surface area contributed by atoms with E-state index in [1.165, 1.54) is 42.1 Å². The van der Waals surface area contributed by atoms with Crippen molar-refractivity contribution in [3.8, 4) is 0 Å². The SMILES string of the molecule is CCC1(NCc2ccc3[nH]ccc3c2)CCC1. The van der Waals surface area contributed by atoms with Gasteiger partial charge >= 0.3 is 0 Å². The van der Waals surface area contributed by atoms with Crippen molar-refractivity contribution in [2.75, 3.05) is 0 Å². The molecular weight excluding hydrogens is 208 g/mol. The quantitative estimate of drug-likeness (QED) is 0.822. The molecule has 17 heavy (non-hydrogen) atoms. The Labute approximate surface area is 102 Å². The first kappa shape index (κ1) is 10.8. The molecular formula is C15H20N2. The molecule has 1 aromatic carbocycles. The van der Waals surface area contributed by atoms with Crippen molar-refractivity contribution >= 4 is 10.9 Å². The highest BCUT2D eigenvalue weighted by atomic mass is 15.0. The van der Waals surface area contributed by atoms with Crippen LogP contribution in [0.1, 0.15) is 38.2 Å². The van der Waals surface area contributed by atoms with Gasteiger partial charge in [-0.3, -0.25) is 0 Å². The Balaban J connectivity index is 1.71. The fraction of sp³-hybridized carbons (Fsp3) is 0.467. The molecule has 0 atom stereocenters. The normalized spacial score (nSPS) is 18.2. The van der Waals surface area contributed by atoms with Crippen molar-refractivity contribution < 1.29 is 0 Å². The monoisotopic (exact) mass is 228 g/mol. The van der Waals surface area contributed by atoms with Crippen molar-refractivity contribution in [1.29, 1.82) is 0 Å². The summed E-state index contributed by atoms with van der Waals surface area (Å²) in [5, 5.41) is 5.05. The van der Waals surface area contributed by atoms with Crippen LogP contribution in [0.25, 0.3) is 10.9 Å². The molecule has 2 heteroatoms. The third kappa shape index (κ3) is 1.98. The lowest BCUT2D eigenvalue weighted by Gasteiger charge is -2.42. The topological polar surface area (TPSA) is 27.8 Å². The number of aromatic amines is 1. The van der Waals surface area contributed by atoms with Gasteiger partial charge in [0.05, 0.1) is 0 Å². The molecule has 0 amide bonds. The van der Waals surface area contributed by atoms with Gasteiger partial charge < -0.3 is 10.3 Å². The third-order valence-electron chi connectivity index (χ3n) is 4.27. The molecule has 1 aromatic heterocycles. The van der Waals surface area contributed by atoms with Crippen molar-refractivity contribution in [1.82, 2.24) is 10.3 Å². The summed E-state index contributed by atoms with van der Waals surface area (Å²) >= 11 is 0. The molecule has 0 saturated heterocycles. The lowest BCUT2D eigenvalue weighted by molar-refractivity contribution is 0.175. The van der Waals surface area contributed by atoms with E-state index < -0.39 is 0 Å². The Morgan fingerprint density at radius 3 is 2.88 bits per heavy atom. The predicted octanol–water partition coefficient (Wildman–Crippen LogP) is 3.59. The molecule has 1 aliphatic rings. The van der Waals surface area contributed by atoms with E-state index in [1.54, 1.807) is 0 Å². The van der Waals surface area contributed by atoms with E-state index in [0.717, 1.165) is 6.54 Å². The maximum atomic E-state index is 3.75. The fourth-order valence-electron chi connectivity index (χ4n) is 2.76. The summed E-state index contributed by atoms with van der Waals surface area (Å²) in [6.45, 7) is 3.29. The van der Waals surface area contributed by atoms with Gasteiger partial charge in [0.2, 0.25) is 0 Å². The Morgan fingerprint density at radius 2 is 2.18 bits per heavy atom. The van der Waals surface area contributed by atoms with Gasteiger partial charge in [-0.15, -0.1) is 0 Å². The van der Waals surface area contributed by atoms with Crippen molar-refractivity contribution in [3.63, 3.8) is 0 Å². The zero-order chi connectivity index (χ0) is 11.7. The molecule has 0 radical (unpaired) electrons. The van der Waals surface area contributed by atoms with Crippen LogP contribution in [-0.4, -0.2) is 10.5 Å². The maximum absolute atomic E-state index is 3.75. The van der Waals surface area contributed by atoms with Crippen LogP contribution >= 0.6 is 0 Å². The average Bonchev–Trinajstić information content (AvgIpc) is 2.75. The molecule has 0 unspecified atom stereocenters. The Hall–Kier alpha value is -1.28. The second-order valence-electron chi connectivity index (χ2n) is 5.24. The van der Waals surface area contributed by atoms with Gasteiger partial charge in [-0.25, -0.2) is 0 Å². The largest absolute Gasteiger partial charge is 0.361 e. The van der Waals surface area contributed by atoms with Crippen LogP contribution in [0.5, 0.6) is 0 Å². The van der Waals surface area contributed by atoms with Gasteiger partial charge in [0, 0.05) is 23.8 Å². The van der Waals surface area contributed by atoms with Crippen LogP contribution < -0.4 is 5.32 Å². The summed E-state index contributed by atoms with van der Waals surface area (Å²) in [5.41, 5.74) is 3.05. The first-order chi connectivity index (χ1) is 8.31. The molecule has 0 spiro atoms. The predicted molar refractivity (Wildman–Crippen MR) is 72.0 cm³/mol. The molecule has 1 heterocycles. The molecule has 3 rings (SSSR count). The van der Waals surface area contributed by atoms with E-state index in [-0.39, 0.29) is 0 Å². The highest BCUT2D eigenvalue weighted by molar-refractivity contribution is 5.79. The van der Waals surface area contributed by atoms with Crippen LogP contribution in [0, 0.1) is 0 Å². The van der Waals surface area contributed by atoms with Gasteiger partial charge in [0.1, 0.15) is 0 Å². The van der Waals surface area contributed by atoms with E-state index in [0.29, 0.717) is 5.54 Å². The Kier molecular flexibility index (Phi) is 2.67. The second kappa shape index (κ2) is 4.19. The zero-order valence-electron chi connectivity index (χ0n) is 10.4. The maximum Gasteiger partial charge on any atom is 0.0454 e. The molecule has 1 saturated carbocycles. The van der Waals surface area contributed by atoms with Crippen molar-refractivity contribution in [2.24, 2.45) is 0 Å². The molecule has 2 aromatic rings. The van der Waals surface area contributed by atoms with Crippen LogP contribution in [-0.2, 0) is 6.54 Å². The zero-order valence-corrected chi connectivity index (χ0v) is 10.4. The second-order valence-corrected chi connectivity index (χ2v) is 5.24. The average molecular weight is 228 g/mol. The first-order valence-electron chi connectivity index (χ1n) is 6.62. The number of aromatic nitrogens is 1. The van der Waals surface area contributed by atoms with E-state index >= 15 is 0 Å². The van der Waals surface area contributed by atoms with Crippen LogP contribution in [0.2, 0.25) is 0 Å². The summed E-state index contributed by atoms with van der Waals surface area (Å²) in [4.78, 5) is 3.23. The summed E-state index contributed by atoms with van der Waals surface area (Å²) in [5.74, 6) is 0. The summed E-state index contributed by atoms with van der Waals surface area (Å²) in [6.07, 6.45) is 7.32. The highest BCUT2D eigenvalue weighted by Gasteiger charge is 2.34. The number of hydrogen-bond acceptors (Lipinski definition) is 1. The van der Waals surface area contributed by atoms with Crippen molar-refractivity contribution in [2.45, 2.75) is 44.7 Å². The number of rotatable bonds is 4. The fourth-order valence-corrected chi connectivity index (χ4v) is 2.76. The summed E-state index contributed by atoms with van der Waals surface area (Å²) < 4.78 is 0. The molecule has 0 bridgehead atoms. The molecule has 90 valence electrons. The molecule has 2 nitrogen and oxygen atoms in total. The molecule has 1 fully saturated rings. The summed E-state index contributed by atoms with van der Waals surface area (Å²) in [7, 11) is 0. The lowest BCUT2D eigenvalue weighted by Crippen LogP contribution is -2.49. The van der Waals surface area contributed by atoms with Crippen LogP contribution in [0.3, 0.4) is 0 Å². The minimum Gasteiger partial charge on any atom is -0.361 e. The van der Waals surface area contributed by atoms with Gasteiger partial charge in [0.15, 0.2) is 0 Å². The first-order valence-corrected chi connectivity index (χ1v) is 6.62. The van der Waals surface area contributed by atoms with E-state index in [1.807, 2.05) is 6.20 Å². The molecule has 1 aliphatic carbocycles. The smallest absolute Gasteiger partial charge is 0.0454 e. The Morgan fingerprint density at radius 1 is 1.29 bits per heavy atom. The molecule has 0 aliphatic heterocycles. The van der Waals surface area contributed by atoms with E-state index in [2.05, 4.69) is 41.5 Å². The van der Waals surface area contributed by atoms with Crippen LogP contribution in [0.4, 0.5) is 0 Å². The number of fused-ring (bicyclic) bond motifs is 1. The van der Waals surface area contributed by atoms with E-state index in [9.17, 15) is 0 Å². The molecule has 2 N–H and O–H groups in total. The Bertz CT molecular complexity index is 503. The van der Waals surface area contributed by atoms with Gasteiger partial charge in [-0.2, -0.15) is 0 Å². The highest BCUT2D eigenvalue weighted by Crippen LogP contribution is 2.34. The number of H-pyrrole nitrogens is 1. The van der Waals surface area contributed by atoms with Gasteiger partial charge in [-0.05, 0) is 54.8 Å². The summed E-state index contributed by atoms with van der Waals surface area (Å²) in [6, 6.07) is 8.80. The van der Waals surface area contributed by atoms with Crippen LogP contribution in [0.15, 0.2) is 30.5 Å².